The van der Waals surface area contributed by atoms with Crippen molar-refractivity contribution >= 4 is 11.9 Å². The topological polar surface area (TPSA) is 52.6 Å². The van der Waals surface area contributed by atoms with Gasteiger partial charge < -0.3 is 9.47 Å². The molecule has 0 aromatic carbocycles. The lowest BCUT2D eigenvalue weighted by atomic mass is 9.42. The van der Waals surface area contributed by atoms with Crippen molar-refractivity contribution in [2.45, 2.75) is 137 Å². The van der Waals surface area contributed by atoms with Gasteiger partial charge >= 0.3 is 11.9 Å². The number of carbonyl (C=O) groups excluding carboxylic acids is 2. The summed E-state index contributed by atoms with van der Waals surface area (Å²) in [4.78, 5) is 24.5. The first-order valence-electron chi connectivity index (χ1n) is 14.8. The van der Waals surface area contributed by atoms with E-state index in [1.165, 1.54) is 58.8 Å². The largest absolute Gasteiger partial charge is 0.458 e. The molecule has 0 aromatic heterocycles. The van der Waals surface area contributed by atoms with Crippen molar-refractivity contribution in [2.75, 3.05) is 0 Å². The fraction of sp³-hybridized carbons (Fsp3) is 0.935. The fourth-order valence-electron chi connectivity index (χ4n) is 10.1. The monoisotopic (exact) mass is 488 g/mol. The first kappa shape index (κ1) is 27.0. The molecule has 4 nitrogen and oxygen atoms in total. The smallest absolute Gasteiger partial charge is 0.303 e. The van der Waals surface area contributed by atoms with E-state index in [2.05, 4.69) is 34.6 Å². The highest BCUT2D eigenvalue weighted by Crippen LogP contribution is 2.70. The zero-order valence-corrected chi connectivity index (χ0v) is 23.7. The van der Waals surface area contributed by atoms with Gasteiger partial charge in [0.15, 0.2) is 5.60 Å². The maximum absolute atomic E-state index is 12.4. The van der Waals surface area contributed by atoms with E-state index in [1.54, 1.807) is 0 Å². The Morgan fingerprint density at radius 1 is 0.857 bits per heavy atom. The number of hydrogen-bond donors (Lipinski definition) is 0. The first-order chi connectivity index (χ1) is 16.4. The number of rotatable bonds is 7. The van der Waals surface area contributed by atoms with Crippen LogP contribution in [0.3, 0.4) is 0 Å². The Balaban J connectivity index is 1.58. The molecule has 4 aliphatic rings. The van der Waals surface area contributed by atoms with Crippen molar-refractivity contribution in [1.82, 2.24) is 0 Å². The first-order valence-corrected chi connectivity index (χ1v) is 14.8. The van der Waals surface area contributed by atoms with Crippen molar-refractivity contribution in [1.29, 1.82) is 0 Å². The zero-order valence-electron chi connectivity index (χ0n) is 23.7. The summed E-state index contributed by atoms with van der Waals surface area (Å²) < 4.78 is 12.2. The molecule has 0 radical (unpaired) electrons. The molecule has 9 atom stereocenters. The van der Waals surface area contributed by atoms with Crippen LogP contribution in [0.1, 0.15) is 126 Å². The van der Waals surface area contributed by atoms with Gasteiger partial charge in [-0.15, -0.1) is 0 Å². The number of esters is 2. The Hall–Kier alpha value is -1.06. The minimum absolute atomic E-state index is 0.123. The molecule has 4 heteroatoms. The Labute approximate surface area is 214 Å². The van der Waals surface area contributed by atoms with Crippen LogP contribution in [0.4, 0.5) is 0 Å². The standard InChI is InChI=1S/C31H52O4/c1-20(2)10-8-11-21(3)25-13-14-26-24-15-19-31(35-23(5)33)28(34-22(4)32)12-9-17-30(31,7)27(24)16-18-29(25,26)6/h20-21,24-28H,8-19H2,1-7H3/t21-,24+,25+,26-,27-,28-,29+,30-,31-/m1/s1. The van der Waals surface area contributed by atoms with Gasteiger partial charge in [0, 0.05) is 19.3 Å². The molecule has 4 aliphatic carbocycles. The van der Waals surface area contributed by atoms with Crippen molar-refractivity contribution in [3.05, 3.63) is 0 Å². The van der Waals surface area contributed by atoms with Gasteiger partial charge in [0.2, 0.25) is 0 Å². The third-order valence-corrected chi connectivity index (χ3v) is 11.6. The van der Waals surface area contributed by atoms with E-state index in [1.807, 2.05) is 0 Å². The summed E-state index contributed by atoms with van der Waals surface area (Å²) in [5.74, 6) is 3.99. The van der Waals surface area contributed by atoms with Crippen molar-refractivity contribution in [3.8, 4) is 0 Å². The van der Waals surface area contributed by atoms with Crippen LogP contribution in [0.2, 0.25) is 0 Å². The normalized spacial score (nSPS) is 43.6. The average molecular weight is 489 g/mol. The Kier molecular flexibility index (Phi) is 7.72. The number of ether oxygens (including phenoxy) is 2. The van der Waals surface area contributed by atoms with E-state index in [4.69, 9.17) is 9.47 Å². The molecule has 4 rings (SSSR count). The SMILES string of the molecule is CC(=O)O[C@@H]1CCC[C@]2(C)[C@@H]3CC[C@]4(C)[C@H](CC[C@H]4[C@H](C)CCCC(C)C)[C@@H]3CC[C@@]12OC(C)=O. The molecule has 0 amide bonds. The second kappa shape index (κ2) is 10.0. The van der Waals surface area contributed by atoms with E-state index >= 15 is 0 Å². The van der Waals surface area contributed by atoms with Gasteiger partial charge in [0.25, 0.3) is 0 Å². The molecule has 0 bridgehead atoms. The van der Waals surface area contributed by atoms with Gasteiger partial charge in [-0.25, -0.2) is 0 Å². The molecule has 0 heterocycles. The molecular weight excluding hydrogens is 436 g/mol. The summed E-state index contributed by atoms with van der Waals surface area (Å²) in [6.45, 7) is 15.2. The van der Waals surface area contributed by atoms with E-state index in [9.17, 15) is 9.59 Å². The third-order valence-electron chi connectivity index (χ3n) is 11.6. The van der Waals surface area contributed by atoms with Gasteiger partial charge in [0.1, 0.15) is 6.10 Å². The maximum Gasteiger partial charge on any atom is 0.303 e. The maximum atomic E-state index is 12.4. The van der Waals surface area contributed by atoms with Crippen LogP contribution >= 0.6 is 0 Å². The molecule has 0 aliphatic heterocycles. The summed E-state index contributed by atoms with van der Waals surface area (Å²) in [7, 11) is 0. The minimum Gasteiger partial charge on any atom is -0.458 e. The summed E-state index contributed by atoms with van der Waals surface area (Å²) in [6.07, 6.45) is 13.9. The highest BCUT2D eigenvalue weighted by atomic mass is 16.6. The van der Waals surface area contributed by atoms with Crippen LogP contribution in [0, 0.1) is 46.3 Å². The van der Waals surface area contributed by atoms with Crippen molar-refractivity contribution in [2.24, 2.45) is 46.3 Å². The van der Waals surface area contributed by atoms with E-state index in [-0.39, 0.29) is 23.5 Å². The number of hydrogen-bond acceptors (Lipinski definition) is 4. The molecule has 0 aromatic rings. The molecule has 0 saturated heterocycles. The molecule has 0 N–H and O–H groups in total. The third kappa shape index (κ3) is 4.58. The van der Waals surface area contributed by atoms with Crippen molar-refractivity contribution in [3.63, 3.8) is 0 Å². The van der Waals surface area contributed by atoms with Crippen LogP contribution < -0.4 is 0 Å². The van der Waals surface area contributed by atoms with Gasteiger partial charge in [0.05, 0.1) is 0 Å². The lowest BCUT2D eigenvalue weighted by Crippen LogP contribution is -2.68. The minimum atomic E-state index is -0.667. The molecule has 0 spiro atoms. The molecule has 0 unspecified atom stereocenters. The van der Waals surface area contributed by atoms with Crippen LogP contribution in [0.15, 0.2) is 0 Å². The summed E-state index contributed by atoms with van der Waals surface area (Å²) in [5, 5.41) is 0. The van der Waals surface area contributed by atoms with Gasteiger partial charge in [-0.3, -0.25) is 9.59 Å². The Morgan fingerprint density at radius 3 is 2.26 bits per heavy atom. The average Bonchev–Trinajstić information content (AvgIpc) is 3.11. The van der Waals surface area contributed by atoms with Crippen LogP contribution in [-0.4, -0.2) is 23.6 Å². The predicted molar refractivity (Wildman–Crippen MR) is 140 cm³/mol. The van der Waals surface area contributed by atoms with Crippen molar-refractivity contribution < 1.29 is 19.1 Å². The molecule has 4 saturated carbocycles. The lowest BCUT2D eigenvalue weighted by molar-refractivity contribution is -0.263. The highest BCUT2D eigenvalue weighted by Gasteiger charge is 2.68. The zero-order chi connectivity index (χ0) is 25.6. The number of carbonyl (C=O) groups is 2. The summed E-state index contributed by atoms with van der Waals surface area (Å²) >= 11 is 0. The number of fused-ring (bicyclic) bond motifs is 5. The highest BCUT2D eigenvalue weighted by molar-refractivity contribution is 5.68. The van der Waals surface area contributed by atoms with Gasteiger partial charge in [-0.05, 0) is 98.7 Å². The fourth-order valence-corrected chi connectivity index (χ4v) is 10.1. The van der Waals surface area contributed by atoms with Crippen LogP contribution in [0.5, 0.6) is 0 Å². The van der Waals surface area contributed by atoms with Crippen LogP contribution in [0.25, 0.3) is 0 Å². The predicted octanol–water partition coefficient (Wildman–Crippen LogP) is 7.73. The quantitative estimate of drug-likeness (QED) is 0.344. The molecule has 35 heavy (non-hydrogen) atoms. The lowest BCUT2D eigenvalue weighted by Gasteiger charge is -2.65. The van der Waals surface area contributed by atoms with Gasteiger partial charge in [-0.2, -0.15) is 0 Å². The van der Waals surface area contributed by atoms with E-state index in [0.717, 1.165) is 55.8 Å². The second-order valence-electron chi connectivity index (χ2n) is 13.8. The summed E-state index contributed by atoms with van der Waals surface area (Å²) in [5.41, 5.74) is -0.345. The Bertz CT molecular complexity index is 791. The molecular formula is C31H52O4. The Morgan fingerprint density at radius 2 is 1.60 bits per heavy atom. The summed E-state index contributed by atoms with van der Waals surface area (Å²) in [6, 6.07) is 0. The molecule has 200 valence electrons. The van der Waals surface area contributed by atoms with Gasteiger partial charge in [-0.1, -0.05) is 53.9 Å². The second-order valence-corrected chi connectivity index (χ2v) is 13.8. The van der Waals surface area contributed by atoms with E-state index in [0.29, 0.717) is 17.3 Å². The van der Waals surface area contributed by atoms with E-state index < -0.39 is 5.60 Å². The molecule has 4 fully saturated rings. The van der Waals surface area contributed by atoms with Crippen LogP contribution in [-0.2, 0) is 19.1 Å².